The molecule has 2 aromatic rings. The number of thiazole rings is 1. The van der Waals surface area contributed by atoms with E-state index in [0.29, 0.717) is 0 Å². The second kappa shape index (κ2) is 11.7. The van der Waals surface area contributed by atoms with E-state index in [2.05, 4.69) is 4.98 Å². The van der Waals surface area contributed by atoms with Crippen LogP contribution in [-0.4, -0.2) is 60.1 Å². The Hall–Kier alpha value is -3.52. The number of esters is 4. The summed E-state index contributed by atoms with van der Waals surface area (Å²) >= 11 is 0.940. The summed E-state index contributed by atoms with van der Waals surface area (Å²) in [6.07, 6.45) is -5.37. The molecule has 0 unspecified atom stereocenters. The molecule has 1 aromatic carbocycles. The average molecular weight is 545 g/mol. The van der Waals surface area contributed by atoms with Crippen molar-refractivity contribution in [1.82, 2.24) is 4.98 Å². The number of nitrogens with zero attached hydrogens (tertiary/aromatic N) is 1. The average Bonchev–Trinajstić information content (AvgIpc) is 3.26. The van der Waals surface area contributed by atoms with Crippen LogP contribution in [0.3, 0.4) is 0 Å². The molecule has 1 fully saturated rings. The molecule has 37 heavy (non-hydrogen) atoms. The number of aromatic nitrogens is 1. The van der Waals surface area contributed by atoms with E-state index in [1.807, 2.05) is 0 Å². The molecular formula is C23H22F3NO9S. The van der Waals surface area contributed by atoms with Crippen molar-refractivity contribution < 1.29 is 56.0 Å². The smallest absolute Gasteiger partial charge is 0.305 e. The summed E-state index contributed by atoms with van der Waals surface area (Å²) in [7, 11) is 0. The van der Waals surface area contributed by atoms with Gasteiger partial charge in [0.15, 0.2) is 23.6 Å². The van der Waals surface area contributed by atoms with Crippen molar-refractivity contribution >= 4 is 35.2 Å². The lowest BCUT2D eigenvalue weighted by Crippen LogP contribution is -2.57. The number of hydrogen-bond donors (Lipinski definition) is 0. The molecule has 2 heterocycles. The Kier molecular flexibility index (Phi) is 8.86. The number of ether oxygens (including phenoxy) is 5. The molecule has 0 spiro atoms. The first kappa shape index (κ1) is 28.1. The molecular weight excluding hydrogens is 523 g/mol. The predicted octanol–water partition coefficient (Wildman–Crippen LogP) is 3.03. The molecule has 0 amide bonds. The Bertz CT molecular complexity index is 1180. The van der Waals surface area contributed by atoms with Crippen LogP contribution < -0.4 is 0 Å². The van der Waals surface area contributed by atoms with Crippen LogP contribution in [-0.2, 0) is 42.9 Å². The number of carbonyl (C=O) groups is 4. The van der Waals surface area contributed by atoms with Gasteiger partial charge in [-0.05, 0) is 12.1 Å². The van der Waals surface area contributed by atoms with Crippen LogP contribution in [0, 0.1) is 17.5 Å². The van der Waals surface area contributed by atoms with Crippen molar-refractivity contribution in [2.24, 2.45) is 0 Å². The third kappa shape index (κ3) is 6.83. The summed E-state index contributed by atoms with van der Waals surface area (Å²) in [6, 6.07) is 1.50. The van der Waals surface area contributed by atoms with Crippen LogP contribution in [0.5, 0.6) is 0 Å². The van der Waals surface area contributed by atoms with E-state index in [9.17, 15) is 32.3 Å². The zero-order valence-corrected chi connectivity index (χ0v) is 20.8. The van der Waals surface area contributed by atoms with Crippen LogP contribution in [0.4, 0.5) is 13.2 Å². The van der Waals surface area contributed by atoms with Crippen LogP contribution in [0.2, 0.25) is 0 Å². The van der Waals surface area contributed by atoms with Crippen molar-refractivity contribution in [3.8, 4) is 11.3 Å². The molecule has 0 N–H and O–H groups in total. The van der Waals surface area contributed by atoms with Crippen LogP contribution >= 0.6 is 11.3 Å². The molecule has 200 valence electrons. The van der Waals surface area contributed by atoms with E-state index >= 15 is 0 Å². The molecule has 0 aliphatic carbocycles. The molecule has 3 rings (SSSR count). The highest BCUT2D eigenvalue weighted by Gasteiger charge is 2.53. The van der Waals surface area contributed by atoms with Gasteiger partial charge in [0.1, 0.15) is 23.8 Å². The Morgan fingerprint density at radius 1 is 0.892 bits per heavy atom. The molecule has 0 bridgehead atoms. The number of halogens is 3. The summed E-state index contributed by atoms with van der Waals surface area (Å²) in [5.74, 6) is -8.68. The van der Waals surface area contributed by atoms with E-state index in [-0.39, 0.29) is 16.3 Å². The lowest BCUT2D eigenvalue weighted by molar-refractivity contribution is -0.277. The van der Waals surface area contributed by atoms with Gasteiger partial charge >= 0.3 is 23.9 Å². The van der Waals surface area contributed by atoms with E-state index in [1.165, 1.54) is 5.38 Å². The van der Waals surface area contributed by atoms with Gasteiger partial charge in [-0.3, -0.25) is 19.2 Å². The van der Waals surface area contributed by atoms with Crippen LogP contribution in [0.25, 0.3) is 11.3 Å². The van der Waals surface area contributed by atoms with E-state index in [4.69, 9.17) is 23.7 Å². The zero-order chi connectivity index (χ0) is 27.4. The molecule has 0 radical (unpaired) electrons. The lowest BCUT2D eigenvalue weighted by Gasteiger charge is -2.43. The molecule has 1 saturated heterocycles. The number of benzene rings is 1. The highest BCUT2D eigenvalue weighted by Crippen LogP contribution is 2.41. The first-order valence-corrected chi connectivity index (χ1v) is 11.7. The van der Waals surface area contributed by atoms with Gasteiger partial charge in [-0.15, -0.1) is 11.3 Å². The zero-order valence-electron chi connectivity index (χ0n) is 20.0. The van der Waals surface area contributed by atoms with Gasteiger partial charge in [-0.1, -0.05) is 0 Å². The van der Waals surface area contributed by atoms with E-state index in [1.54, 1.807) is 0 Å². The van der Waals surface area contributed by atoms with Gasteiger partial charge in [0.25, 0.3) is 0 Å². The maximum atomic E-state index is 13.8. The number of rotatable bonds is 7. The fraction of sp³-hybridized carbons (Fsp3) is 0.435. The third-order valence-corrected chi connectivity index (χ3v) is 6.02. The number of hydrogen-bond acceptors (Lipinski definition) is 11. The Balaban J connectivity index is 2.12. The third-order valence-electron chi connectivity index (χ3n) is 5.08. The predicted molar refractivity (Wildman–Crippen MR) is 118 cm³/mol. The van der Waals surface area contributed by atoms with Gasteiger partial charge in [0, 0.05) is 38.6 Å². The summed E-state index contributed by atoms with van der Waals surface area (Å²) in [5.41, 5.74) is -0.0555. The first-order valence-electron chi connectivity index (χ1n) is 10.8. The Morgan fingerprint density at radius 2 is 1.46 bits per heavy atom. The maximum absolute atomic E-state index is 13.8. The van der Waals surface area contributed by atoms with Gasteiger partial charge in [-0.25, -0.2) is 18.2 Å². The van der Waals surface area contributed by atoms with Crippen molar-refractivity contribution in [2.75, 3.05) is 6.61 Å². The molecule has 1 aromatic heterocycles. The SMILES string of the molecule is CC(=O)OC[C@H]1O[C@H](OC(C)=O)[C@H](OC(C)=O)[C@@H](c2nc(-c3cc(F)c(F)c(F)c3)cs2)[C@H]1OC(C)=O. The normalized spacial score (nSPS) is 23.2. The minimum atomic E-state index is -1.65. The summed E-state index contributed by atoms with van der Waals surface area (Å²) in [4.78, 5) is 51.5. The molecule has 10 nitrogen and oxygen atoms in total. The quantitative estimate of drug-likeness (QED) is 0.291. The fourth-order valence-corrected chi connectivity index (χ4v) is 4.72. The second-order valence-electron chi connectivity index (χ2n) is 7.95. The summed E-state index contributed by atoms with van der Waals surface area (Å²) < 4.78 is 67.8. The number of carbonyl (C=O) groups excluding carboxylic acids is 4. The minimum Gasteiger partial charge on any atom is -0.463 e. The molecule has 14 heteroatoms. The second-order valence-corrected chi connectivity index (χ2v) is 8.84. The molecule has 5 atom stereocenters. The summed E-state index contributed by atoms with van der Waals surface area (Å²) in [6.45, 7) is 3.99. The largest absolute Gasteiger partial charge is 0.463 e. The highest BCUT2D eigenvalue weighted by atomic mass is 32.1. The van der Waals surface area contributed by atoms with E-state index < -0.39 is 78.5 Å². The topological polar surface area (TPSA) is 127 Å². The lowest BCUT2D eigenvalue weighted by atomic mass is 9.88. The Morgan fingerprint density at radius 3 is 2.00 bits per heavy atom. The van der Waals surface area contributed by atoms with Crippen molar-refractivity contribution in [3.05, 3.63) is 40.0 Å². The minimum absolute atomic E-state index is 0.0352. The van der Waals surface area contributed by atoms with Gasteiger partial charge < -0.3 is 23.7 Å². The first-order chi connectivity index (χ1) is 17.4. The van der Waals surface area contributed by atoms with Crippen LogP contribution in [0.15, 0.2) is 17.5 Å². The monoisotopic (exact) mass is 545 g/mol. The van der Waals surface area contributed by atoms with Gasteiger partial charge in [-0.2, -0.15) is 0 Å². The van der Waals surface area contributed by atoms with Crippen molar-refractivity contribution in [3.63, 3.8) is 0 Å². The Labute approximate surface area is 212 Å². The van der Waals surface area contributed by atoms with Crippen LogP contribution in [0.1, 0.15) is 38.6 Å². The maximum Gasteiger partial charge on any atom is 0.305 e. The van der Waals surface area contributed by atoms with Gasteiger partial charge in [0.2, 0.25) is 6.29 Å². The molecule has 1 aliphatic heterocycles. The van der Waals surface area contributed by atoms with E-state index in [0.717, 1.165) is 51.2 Å². The fourth-order valence-electron chi connectivity index (χ4n) is 3.73. The molecule has 1 aliphatic rings. The standard InChI is InChI=1S/C23H22F3NO9S/c1-9(28)32-7-17-20(33-10(2)29)18(21(34-11(3)30)23(36-17)35-12(4)31)22-27-16(8-37-22)13-5-14(24)19(26)15(25)6-13/h5-6,8,17-18,20-21,23H,7H2,1-4H3/t17-,18+,20+,21-,23+/m1/s1. The van der Waals surface area contributed by atoms with Gasteiger partial charge in [0.05, 0.1) is 11.6 Å². The van der Waals surface area contributed by atoms with Crippen molar-refractivity contribution in [2.45, 2.75) is 58.2 Å². The summed E-state index contributed by atoms with van der Waals surface area (Å²) in [5, 5.41) is 1.53. The highest BCUT2D eigenvalue weighted by molar-refractivity contribution is 7.10. The van der Waals surface area contributed by atoms with Crippen molar-refractivity contribution in [1.29, 1.82) is 0 Å². The molecule has 0 saturated carbocycles.